The van der Waals surface area contributed by atoms with Crippen molar-refractivity contribution < 1.29 is 22.8 Å². The zero-order valence-corrected chi connectivity index (χ0v) is 24.9. The maximum absolute atomic E-state index is 13.9. The summed E-state index contributed by atoms with van der Waals surface area (Å²) in [6.45, 7) is 3.69. The normalized spacial score (nSPS) is 12.4. The molecule has 1 N–H and O–H groups in total. The number of halogens is 2. The summed E-state index contributed by atoms with van der Waals surface area (Å²) in [6, 6.07) is 28.4. The maximum atomic E-state index is 13.9. The van der Waals surface area contributed by atoms with Crippen LogP contribution in [0.1, 0.15) is 35.7 Å². The van der Waals surface area contributed by atoms with Gasteiger partial charge in [-0.2, -0.15) is 5.10 Å². The Balaban J connectivity index is 1.61. The van der Waals surface area contributed by atoms with Crippen LogP contribution in [0.25, 0.3) is 27.7 Å². The first-order valence-electron chi connectivity index (χ1n) is 13.1. The number of aromatic nitrogens is 2. The van der Waals surface area contributed by atoms with Crippen LogP contribution in [0.15, 0.2) is 102 Å². The highest BCUT2D eigenvalue weighted by Gasteiger charge is 2.39. The van der Waals surface area contributed by atoms with Crippen LogP contribution in [-0.4, -0.2) is 28.9 Å². The molecule has 0 spiro atoms. The lowest BCUT2D eigenvalue weighted by atomic mass is 10.0. The molecular formula is C31H28BrFN3O4P. The lowest BCUT2D eigenvalue weighted by Gasteiger charge is -2.27. The third kappa shape index (κ3) is 6.19. The summed E-state index contributed by atoms with van der Waals surface area (Å²) < 4.78 is 41.4. The Morgan fingerprint density at radius 2 is 1.61 bits per heavy atom. The van der Waals surface area contributed by atoms with Crippen molar-refractivity contribution in [2.45, 2.75) is 19.6 Å². The molecule has 5 rings (SSSR count). The van der Waals surface area contributed by atoms with E-state index < -0.39 is 19.3 Å². The van der Waals surface area contributed by atoms with Crippen molar-refractivity contribution in [2.24, 2.45) is 0 Å². The highest BCUT2D eigenvalue weighted by atomic mass is 79.9. The van der Waals surface area contributed by atoms with Crippen LogP contribution in [0.4, 0.5) is 4.39 Å². The minimum atomic E-state index is -3.82. The summed E-state index contributed by atoms with van der Waals surface area (Å²) in [5.74, 6) is -2.04. The Labute approximate surface area is 246 Å². The van der Waals surface area contributed by atoms with Gasteiger partial charge in [0.2, 0.25) is 0 Å². The molecule has 4 aromatic carbocycles. The highest BCUT2D eigenvalue weighted by molar-refractivity contribution is 9.10. The quantitative estimate of drug-likeness (QED) is 0.156. The minimum absolute atomic E-state index is 0.0823. The Bertz CT molecular complexity index is 1710. The van der Waals surface area contributed by atoms with Gasteiger partial charge in [-0.05, 0) is 72.6 Å². The maximum Gasteiger partial charge on any atom is 0.357 e. The molecule has 41 heavy (non-hydrogen) atoms. The van der Waals surface area contributed by atoms with Crippen LogP contribution in [0.2, 0.25) is 0 Å². The summed E-state index contributed by atoms with van der Waals surface area (Å²) >= 11 is 3.42. The average molecular weight is 636 g/mol. The molecule has 1 aromatic heterocycles. The number of nitrogens with zero attached hydrogens (tertiary/aromatic N) is 2. The van der Waals surface area contributed by atoms with Gasteiger partial charge in [0.05, 0.1) is 24.6 Å². The number of amides is 1. The first kappa shape index (κ1) is 28.9. The number of carbonyl (C=O) groups excluding carboxylic acids is 1. The first-order valence-corrected chi connectivity index (χ1v) is 15.5. The molecule has 1 heterocycles. The van der Waals surface area contributed by atoms with Crippen LogP contribution < -0.4 is 5.32 Å². The summed E-state index contributed by atoms with van der Waals surface area (Å²) in [7, 11) is -3.82. The molecule has 0 saturated heterocycles. The second-order valence-electron chi connectivity index (χ2n) is 9.13. The van der Waals surface area contributed by atoms with E-state index in [1.807, 2.05) is 42.5 Å². The summed E-state index contributed by atoms with van der Waals surface area (Å²) in [5, 5.41) is 9.49. The molecule has 0 fully saturated rings. The summed E-state index contributed by atoms with van der Waals surface area (Å²) in [5.41, 5.74) is 2.69. The number of hydrogen-bond acceptors (Lipinski definition) is 5. The molecule has 1 unspecified atom stereocenters. The van der Waals surface area contributed by atoms with Gasteiger partial charge in [0.15, 0.2) is 11.5 Å². The van der Waals surface area contributed by atoms with E-state index >= 15 is 0 Å². The predicted molar refractivity (Wildman–Crippen MR) is 162 cm³/mol. The first-order chi connectivity index (χ1) is 19.8. The van der Waals surface area contributed by atoms with E-state index in [9.17, 15) is 13.8 Å². The molecule has 7 nitrogen and oxygen atoms in total. The molecular weight excluding hydrogens is 608 g/mol. The van der Waals surface area contributed by atoms with E-state index in [1.165, 1.54) is 12.1 Å². The van der Waals surface area contributed by atoms with Gasteiger partial charge in [-0.3, -0.25) is 9.36 Å². The number of nitrogens with one attached hydrogen (secondary N) is 1. The fourth-order valence-electron chi connectivity index (χ4n) is 4.65. The van der Waals surface area contributed by atoms with Gasteiger partial charge >= 0.3 is 7.60 Å². The largest absolute Gasteiger partial charge is 0.357 e. The standard InChI is InChI=1S/C31H28BrFN3O4P/c1-3-39-41(38,40-4-2)31(22-12-14-23(32)15-13-22)34-30(37)28-20-29(36(35-28)25-18-16-24(33)17-19-25)27-11-7-9-21-8-5-6-10-26(21)27/h5-20,31H,3-4H2,1-2H3,(H,34,37). The monoisotopic (exact) mass is 635 g/mol. The molecule has 1 atom stereocenters. The third-order valence-electron chi connectivity index (χ3n) is 6.47. The lowest BCUT2D eigenvalue weighted by Crippen LogP contribution is -2.30. The van der Waals surface area contributed by atoms with E-state index in [0.29, 0.717) is 16.9 Å². The fourth-order valence-corrected chi connectivity index (χ4v) is 6.82. The number of carbonyl (C=O) groups is 1. The van der Waals surface area contributed by atoms with Gasteiger partial charge in [0.25, 0.3) is 5.91 Å². The zero-order valence-electron chi connectivity index (χ0n) is 22.5. The fraction of sp³-hybridized carbons (Fsp3) is 0.161. The molecule has 0 bridgehead atoms. The van der Waals surface area contributed by atoms with Crippen LogP contribution >= 0.6 is 23.5 Å². The van der Waals surface area contributed by atoms with E-state index in [1.54, 1.807) is 61.0 Å². The van der Waals surface area contributed by atoms with Crippen LogP contribution in [-0.2, 0) is 13.6 Å². The van der Waals surface area contributed by atoms with E-state index in [-0.39, 0.29) is 24.7 Å². The van der Waals surface area contributed by atoms with E-state index in [0.717, 1.165) is 20.8 Å². The van der Waals surface area contributed by atoms with Gasteiger partial charge < -0.3 is 14.4 Å². The van der Waals surface area contributed by atoms with Crippen LogP contribution in [0.3, 0.4) is 0 Å². The SMILES string of the molecule is CCOP(=O)(OCC)C(NC(=O)c1cc(-c2cccc3ccccc23)n(-c2ccc(F)cc2)n1)c1ccc(Br)cc1. The Hall–Kier alpha value is -3.62. The molecule has 10 heteroatoms. The zero-order chi connectivity index (χ0) is 29.0. The number of rotatable bonds is 10. The molecule has 0 radical (unpaired) electrons. The highest BCUT2D eigenvalue weighted by Crippen LogP contribution is 2.59. The molecule has 1 amide bonds. The second-order valence-corrected chi connectivity index (χ2v) is 12.2. The molecule has 210 valence electrons. The van der Waals surface area contributed by atoms with Gasteiger partial charge in [-0.1, -0.05) is 70.5 Å². The van der Waals surface area contributed by atoms with Crippen molar-refractivity contribution in [2.75, 3.05) is 13.2 Å². The van der Waals surface area contributed by atoms with Crippen molar-refractivity contribution in [3.05, 3.63) is 119 Å². The Morgan fingerprint density at radius 1 is 0.951 bits per heavy atom. The topological polar surface area (TPSA) is 82.5 Å². The molecule has 5 aromatic rings. The third-order valence-corrected chi connectivity index (χ3v) is 9.29. The number of fused-ring (bicyclic) bond motifs is 1. The van der Waals surface area contributed by atoms with Gasteiger partial charge in [-0.25, -0.2) is 9.07 Å². The number of hydrogen-bond donors (Lipinski definition) is 1. The lowest BCUT2D eigenvalue weighted by molar-refractivity contribution is 0.0932. The van der Waals surface area contributed by atoms with Crippen molar-refractivity contribution in [3.63, 3.8) is 0 Å². The van der Waals surface area contributed by atoms with Crippen molar-refractivity contribution in [3.8, 4) is 16.9 Å². The van der Waals surface area contributed by atoms with E-state index in [4.69, 9.17) is 9.05 Å². The number of benzene rings is 4. The summed E-state index contributed by atoms with van der Waals surface area (Å²) in [4.78, 5) is 13.8. The van der Waals surface area contributed by atoms with Gasteiger partial charge in [0.1, 0.15) is 5.82 Å². The van der Waals surface area contributed by atoms with E-state index in [2.05, 4.69) is 26.3 Å². The molecule has 0 aliphatic carbocycles. The Morgan fingerprint density at radius 3 is 2.29 bits per heavy atom. The molecule has 0 saturated carbocycles. The second kappa shape index (κ2) is 12.5. The van der Waals surface area contributed by atoms with Crippen LogP contribution in [0.5, 0.6) is 0 Å². The smallest absolute Gasteiger partial charge is 0.333 e. The van der Waals surface area contributed by atoms with Crippen LogP contribution in [0, 0.1) is 5.82 Å². The molecule has 0 aliphatic heterocycles. The van der Waals surface area contributed by atoms with Crippen molar-refractivity contribution >= 4 is 40.2 Å². The molecule has 0 aliphatic rings. The average Bonchev–Trinajstić information content (AvgIpc) is 3.42. The van der Waals surface area contributed by atoms with Crippen molar-refractivity contribution in [1.29, 1.82) is 0 Å². The van der Waals surface area contributed by atoms with Crippen molar-refractivity contribution in [1.82, 2.24) is 15.1 Å². The minimum Gasteiger partial charge on any atom is -0.333 e. The van der Waals surface area contributed by atoms with Gasteiger partial charge in [-0.15, -0.1) is 0 Å². The van der Waals surface area contributed by atoms with Gasteiger partial charge in [0, 0.05) is 10.0 Å². The Kier molecular flexibility index (Phi) is 8.80. The summed E-state index contributed by atoms with van der Waals surface area (Å²) in [6.07, 6.45) is 0. The predicted octanol–water partition coefficient (Wildman–Crippen LogP) is 8.29.